The minimum absolute atomic E-state index is 0.0447. The Hall–Kier alpha value is -0.392. The van der Waals surface area contributed by atoms with Crippen molar-refractivity contribution in [2.45, 2.75) is 84.7 Å². The first kappa shape index (κ1) is 26.6. The van der Waals surface area contributed by atoms with Crippen molar-refractivity contribution in [3.63, 3.8) is 0 Å². The van der Waals surface area contributed by atoms with E-state index in [-0.39, 0.29) is 6.10 Å². The Balaban J connectivity index is 3.38. The third-order valence-electron chi connectivity index (χ3n) is 4.25. The van der Waals surface area contributed by atoms with E-state index in [1.807, 2.05) is 0 Å². The molecule has 0 N–H and O–H groups in total. The molecule has 4 nitrogen and oxygen atoms in total. The standard InChI is InChI=1S/C21H45NO3Si4/c1-22(26(2,3)4)17-21(25-29(11,12)13)18-14-15-19(23-27(5,6)7)20(16-18)24-28(8,9)10/h14-16,21H,17H2,1-13H3/t21-/m0/s1. The van der Waals surface area contributed by atoms with Crippen LogP contribution in [-0.2, 0) is 4.43 Å². The summed E-state index contributed by atoms with van der Waals surface area (Å²) in [5, 5.41) is 0. The van der Waals surface area contributed by atoms with E-state index in [2.05, 4.69) is 108 Å². The lowest BCUT2D eigenvalue weighted by atomic mass is 10.1. The van der Waals surface area contributed by atoms with Gasteiger partial charge < -0.3 is 17.8 Å². The summed E-state index contributed by atoms with van der Waals surface area (Å²) in [4.78, 5) is 0. The molecule has 0 saturated heterocycles. The molecule has 8 heteroatoms. The summed E-state index contributed by atoms with van der Waals surface area (Å²) in [6.07, 6.45) is 0.0447. The molecule has 0 spiro atoms. The molecule has 0 aliphatic rings. The van der Waals surface area contributed by atoms with Crippen molar-refractivity contribution in [3.8, 4) is 11.5 Å². The van der Waals surface area contributed by atoms with Crippen molar-refractivity contribution in [1.82, 2.24) is 4.57 Å². The van der Waals surface area contributed by atoms with Gasteiger partial charge in [0.15, 0.2) is 8.32 Å². The topological polar surface area (TPSA) is 30.9 Å². The van der Waals surface area contributed by atoms with E-state index >= 15 is 0 Å². The van der Waals surface area contributed by atoms with Gasteiger partial charge in [0.25, 0.3) is 0 Å². The van der Waals surface area contributed by atoms with Crippen LogP contribution in [0, 0.1) is 0 Å². The van der Waals surface area contributed by atoms with Crippen molar-refractivity contribution in [1.29, 1.82) is 0 Å². The Morgan fingerprint density at radius 1 is 0.724 bits per heavy atom. The van der Waals surface area contributed by atoms with E-state index in [0.717, 1.165) is 18.0 Å². The highest BCUT2D eigenvalue weighted by Crippen LogP contribution is 2.36. The fraction of sp³-hybridized carbons (Fsp3) is 0.714. The second-order valence-corrected chi connectivity index (χ2v) is 30.3. The summed E-state index contributed by atoms with van der Waals surface area (Å²) >= 11 is 0. The Morgan fingerprint density at radius 2 is 1.21 bits per heavy atom. The SMILES string of the molecule is CN(C[C@H](O[Si](C)(C)C)c1ccc(O[Si](C)(C)C)c(O[Si](C)(C)C)c1)[Si](C)(C)C. The number of rotatable bonds is 10. The minimum Gasteiger partial charge on any atom is -0.542 e. The van der Waals surface area contributed by atoms with Crippen LogP contribution >= 0.6 is 0 Å². The summed E-state index contributed by atoms with van der Waals surface area (Å²) < 4.78 is 22.0. The Labute approximate surface area is 184 Å². The van der Waals surface area contributed by atoms with Crippen LogP contribution in [0.4, 0.5) is 0 Å². The Kier molecular flexibility index (Phi) is 8.63. The van der Waals surface area contributed by atoms with Crippen molar-refractivity contribution in [2.24, 2.45) is 0 Å². The number of likely N-dealkylation sites (N-methyl/N-ethyl adjacent to an activating group) is 1. The van der Waals surface area contributed by atoms with Crippen molar-refractivity contribution < 1.29 is 13.3 Å². The third-order valence-corrected chi connectivity index (χ3v) is 9.38. The van der Waals surface area contributed by atoms with E-state index in [0.29, 0.717) is 0 Å². The molecular formula is C21H45NO3Si4. The van der Waals surface area contributed by atoms with Crippen LogP contribution in [0.15, 0.2) is 18.2 Å². The highest BCUT2D eigenvalue weighted by Gasteiger charge is 2.30. The predicted molar refractivity (Wildman–Crippen MR) is 138 cm³/mol. The van der Waals surface area contributed by atoms with Crippen LogP contribution in [0.2, 0.25) is 78.6 Å². The van der Waals surface area contributed by atoms with E-state index in [4.69, 9.17) is 13.3 Å². The van der Waals surface area contributed by atoms with Crippen LogP contribution < -0.4 is 8.85 Å². The molecule has 1 rings (SSSR count). The molecule has 168 valence electrons. The normalized spacial score (nSPS) is 14.8. The molecule has 1 aromatic rings. The number of hydrogen-bond acceptors (Lipinski definition) is 4. The lowest BCUT2D eigenvalue weighted by molar-refractivity contribution is 0.170. The fourth-order valence-corrected chi connectivity index (χ4v) is 6.13. The quantitative estimate of drug-likeness (QED) is 0.352. The maximum Gasteiger partial charge on any atom is 0.242 e. The summed E-state index contributed by atoms with van der Waals surface area (Å²) in [6, 6.07) is 6.45. The van der Waals surface area contributed by atoms with Crippen molar-refractivity contribution in [2.75, 3.05) is 13.6 Å². The van der Waals surface area contributed by atoms with E-state index < -0.39 is 33.2 Å². The van der Waals surface area contributed by atoms with Crippen molar-refractivity contribution in [3.05, 3.63) is 23.8 Å². The summed E-state index contributed by atoms with van der Waals surface area (Å²) in [6.45, 7) is 28.1. The molecule has 29 heavy (non-hydrogen) atoms. The maximum absolute atomic E-state index is 6.66. The Bertz CT molecular complexity index is 670. The molecule has 0 unspecified atom stereocenters. The van der Waals surface area contributed by atoms with Gasteiger partial charge in [-0.25, -0.2) is 0 Å². The molecule has 0 saturated carbocycles. The second kappa shape index (κ2) is 9.40. The van der Waals surface area contributed by atoms with Crippen LogP contribution in [0.1, 0.15) is 11.7 Å². The zero-order valence-corrected chi connectivity index (χ0v) is 25.2. The number of nitrogens with zero attached hydrogens (tertiary/aromatic N) is 1. The zero-order valence-electron chi connectivity index (χ0n) is 21.2. The van der Waals surface area contributed by atoms with Gasteiger partial charge in [0.2, 0.25) is 16.6 Å². The molecule has 1 atom stereocenters. The van der Waals surface area contributed by atoms with Crippen molar-refractivity contribution >= 4 is 33.2 Å². The van der Waals surface area contributed by atoms with E-state index in [1.54, 1.807) is 0 Å². The lowest BCUT2D eigenvalue weighted by Gasteiger charge is -2.36. The first-order chi connectivity index (χ1) is 12.8. The maximum atomic E-state index is 6.66. The van der Waals surface area contributed by atoms with Gasteiger partial charge in [-0.1, -0.05) is 25.7 Å². The van der Waals surface area contributed by atoms with Crippen LogP contribution in [-0.4, -0.2) is 51.3 Å². The molecule has 0 heterocycles. The van der Waals surface area contributed by atoms with Gasteiger partial charge in [-0.2, -0.15) is 0 Å². The molecule has 0 aromatic heterocycles. The fourth-order valence-electron chi connectivity index (χ4n) is 2.71. The summed E-state index contributed by atoms with van der Waals surface area (Å²) in [5.41, 5.74) is 1.19. The average molecular weight is 472 g/mol. The van der Waals surface area contributed by atoms with Gasteiger partial charge >= 0.3 is 0 Å². The van der Waals surface area contributed by atoms with Gasteiger partial charge in [-0.3, -0.25) is 0 Å². The molecule has 0 fully saturated rings. The van der Waals surface area contributed by atoms with Gasteiger partial charge in [0.1, 0.15) is 19.7 Å². The van der Waals surface area contributed by atoms with Crippen LogP contribution in [0.25, 0.3) is 0 Å². The molecule has 0 bridgehead atoms. The van der Waals surface area contributed by atoms with Crippen LogP contribution in [0.3, 0.4) is 0 Å². The van der Waals surface area contributed by atoms with E-state index in [9.17, 15) is 0 Å². The molecule has 0 amide bonds. The van der Waals surface area contributed by atoms with E-state index in [1.165, 1.54) is 5.56 Å². The molecule has 0 radical (unpaired) electrons. The Morgan fingerprint density at radius 3 is 1.62 bits per heavy atom. The smallest absolute Gasteiger partial charge is 0.242 e. The van der Waals surface area contributed by atoms with Crippen LogP contribution in [0.5, 0.6) is 11.5 Å². The summed E-state index contributed by atoms with van der Waals surface area (Å²) in [7, 11) is -4.38. The minimum atomic E-state index is -1.77. The predicted octanol–water partition coefficient (Wildman–Crippen LogP) is 6.77. The highest BCUT2D eigenvalue weighted by atomic mass is 28.4. The molecule has 0 aliphatic heterocycles. The molecular weight excluding hydrogens is 427 g/mol. The first-order valence-electron chi connectivity index (χ1n) is 10.7. The van der Waals surface area contributed by atoms with Gasteiger partial charge in [0.05, 0.1) is 6.10 Å². The lowest BCUT2D eigenvalue weighted by Crippen LogP contribution is -2.46. The largest absolute Gasteiger partial charge is 0.542 e. The first-order valence-corrected chi connectivity index (χ1v) is 24.4. The highest BCUT2D eigenvalue weighted by molar-refractivity contribution is 6.73. The van der Waals surface area contributed by atoms with Gasteiger partial charge in [-0.05, 0) is 83.7 Å². The summed E-state index contributed by atoms with van der Waals surface area (Å²) in [5.74, 6) is 1.75. The van der Waals surface area contributed by atoms with Gasteiger partial charge in [-0.15, -0.1) is 0 Å². The number of benzene rings is 1. The monoisotopic (exact) mass is 471 g/mol. The van der Waals surface area contributed by atoms with Gasteiger partial charge in [0, 0.05) is 6.54 Å². The number of hydrogen-bond donors (Lipinski definition) is 0. The second-order valence-electron chi connectivity index (χ2n) is 11.9. The zero-order chi connectivity index (χ0) is 22.8. The molecule has 0 aliphatic carbocycles. The molecule has 1 aromatic carbocycles. The average Bonchev–Trinajstić information content (AvgIpc) is 2.43. The third kappa shape index (κ3) is 10.5.